The van der Waals surface area contributed by atoms with Gasteiger partial charge in [-0.3, -0.25) is 9.78 Å². The third kappa shape index (κ3) is 3.95. The third-order valence-corrected chi connectivity index (χ3v) is 4.61. The van der Waals surface area contributed by atoms with E-state index in [2.05, 4.69) is 25.3 Å². The van der Waals surface area contributed by atoms with Gasteiger partial charge in [-0.2, -0.15) is 13.2 Å². The Bertz CT molecular complexity index is 1080. The van der Waals surface area contributed by atoms with Crippen molar-refractivity contribution in [1.29, 1.82) is 0 Å². The lowest BCUT2D eigenvalue weighted by molar-refractivity contribution is -0.141. The van der Waals surface area contributed by atoms with Crippen LogP contribution in [0.2, 0.25) is 0 Å². The summed E-state index contributed by atoms with van der Waals surface area (Å²) in [5.41, 5.74) is -0.445. The zero-order valence-electron chi connectivity index (χ0n) is 15.7. The smallest absolute Gasteiger partial charge is 0.434 e. The van der Waals surface area contributed by atoms with E-state index < -0.39 is 29.5 Å². The largest absolute Gasteiger partial charge is 0.481 e. The molecule has 4 rings (SSSR count). The van der Waals surface area contributed by atoms with E-state index in [4.69, 9.17) is 9.15 Å². The fourth-order valence-electron chi connectivity index (χ4n) is 3.18. The number of aryl methyl sites for hydroxylation is 1. The number of halogens is 3. The minimum absolute atomic E-state index is 0.348. The monoisotopic (exact) mass is 419 g/mol. The Morgan fingerprint density at radius 3 is 2.90 bits per heavy atom. The molecular weight excluding hydrogens is 403 g/mol. The molecule has 0 aromatic carbocycles. The molecule has 8 nitrogen and oxygen atoms in total. The third-order valence-electron chi connectivity index (χ3n) is 4.61. The van der Waals surface area contributed by atoms with Crippen LogP contribution in [0.5, 0.6) is 5.88 Å². The van der Waals surface area contributed by atoms with Crippen molar-refractivity contribution in [3.63, 3.8) is 0 Å². The van der Waals surface area contributed by atoms with Crippen LogP contribution in [0.4, 0.5) is 13.2 Å². The van der Waals surface area contributed by atoms with Crippen molar-refractivity contribution in [1.82, 2.24) is 25.3 Å². The summed E-state index contributed by atoms with van der Waals surface area (Å²) in [5.74, 6) is 0.603. The van der Waals surface area contributed by atoms with E-state index in [9.17, 15) is 18.0 Å². The summed E-state index contributed by atoms with van der Waals surface area (Å²) in [6.07, 6.45) is 0.364. The molecule has 1 atom stereocenters. The van der Waals surface area contributed by atoms with Crippen molar-refractivity contribution < 1.29 is 27.1 Å². The van der Waals surface area contributed by atoms with Crippen LogP contribution in [0.25, 0.3) is 11.5 Å². The maximum absolute atomic E-state index is 12.8. The van der Waals surface area contributed by atoms with Crippen molar-refractivity contribution in [2.45, 2.75) is 31.5 Å². The second kappa shape index (κ2) is 7.73. The average Bonchev–Trinajstić information content (AvgIpc) is 3.19. The Morgan fingerprint density at radius 1 is 1.30 bits per heavy atom. The summed E-state index contributed by atoms with van der Waals surface area (Å²) < 4.78 is 49.5. The first-order valence-electron chi connectivity index (χ1n) is 9.05. The molecule has 3 aromatic rings. The Morgan fingerprint density at radius 2 is 2.13 bits per heavy atom. The molecule has 156 valence electrons. The van der Waals surface area contributed by atoms with Crippen LogP contribution in [0.15, 0.2) is 35.1 Å². The molecule has 0 saturated carbocycles. The number of rotatable bonds is 4. The Balaban J connectivity index is 1.58. The van der Waals surface area contributed by atoms with Crippen molar-refractivity contribution in [2.75, 3.05) is 7.11 Å². The van der Waals surface area contributed by atoms with E-state index >= 15 is 0 Å². The molecule has 0 fully saturated rings. The molecule has 1 N–H and O–H groups in total. The zero-order chi connectivity index (χ0) is 21.3. The van der Waals surface area contributed by atoms with Crippen LogP contribution in [-0.4, -0.2) is 33.0 Å². The van der Waals surface area contributed by atoms with Gasteiger partial charge in [-0.15, -0.1) is 0 Å². The van der Waals surface area contributed by atoms with Crippen LogP contribution in [0.1, 0.15) is 46.5 Å². The molecule has 0 saturated heterocycles. The molecule has 1 aliphatic rings. The van der Waals surface area contributed by atoms with E-state index in [1.165, 1.54) is 7.11 Å². The molecule has 0 aliphatic heterocycles. The first-order valence-corrected chi connectivity index (χ1v) is 9.05. The Hall–Kier alpha value is -3.50. The highest BCUT2D eigenvalue weighted by Gasteiger charge is 2.34. The number of carbonyl (C=O) groups is 1. The SMILES string of the molecule is COc1cc(-c2nc3c(o2)CCCC3NC(=O)c2cncc(C(F)(F)F)n2)ccn1. The van der Waals surface area contributed by atoms with Gasteiger partial charge in [-0.25, -0.2) is 15.0 Å². The quantitative estimate of drug-likeness (QED) is 0.692. The number of hydrogen-bond donors (Lipinski definition) is 1. The van der Waals surface area contributed by atoms with Gasteiger partial charge in [0.25, 0.3) is 5.91 Å². The molecule has 0 radical (unpaired) electrons. The molecule has 0 spiro atoms. The van der Waals surface area contributed by atoms with Crippen molar-refractivity contribution in [3.05, 3.63) is 53.6 Å². The molecule has 1 unspecified atom stereocenters. The van der Waals surface area contributed by atoms with Crippen LogP contribution in [0, 0.1) is 0 Å². The minimum atomic E-state index is -4.69. The summed E-state index contributed by atoms with van der Waals surface area (Å²) >= 11 is 0. The van der Waals surface area contributed by atoms with Gasteiger partial charge in [0.05, 0.1) is 25.5 Å². The van der Waals surface area contributed by atoms with Gasteiger partial charge in [-0.05, 0) is 18.9 Å². The number of fused-ring (bicyclic) bond motifs is 1. The van der Waals surface area contributed by atoms with Gasteiger partial charge in [-0.1, -0.05) is 0 Å². The highest BCUT2D eigenvalue weighted by Crippen LogP contribution is 2.34. The number of nitrogens with one attached hydrogen (secondary N) is 1. The highest BCUT2D eigenvalue weighted by molar-refractivity contribution is 5.92. The van der Waals surface area contributed by atoms with Gasteiger partial charge in [0.1, 0.15) is 17.1 Å². The maximum atomic E-state index is 12.8. The Kier molecular flexibility index (Phi) is 5.10. The lowest BCUT2D eigenvalue weighted by Crippen LogP contribution is -2.32. The number of ether oxygens (including phenoxy) is 1. The van der Waals surface area contributed by atoms with E-state index in [0.717, 1.165) is 12.6 Å². The van der Waals surface area contributed by atoms with E-state index in [0.29, 0.717) is 47.8 Å². The van der Waals surface area contributed by atoms with E-state index in [-0.39, 0.29) is 0 Å². The molecule has 11 heteroatoms. The number of aromatic nitrogens is 4. The summed E-state index contributed by atoms with van der Waals surface area (Å²) in [4.78, 5) is 27.9. The first-order chi connectivity index (χ1) is 14.3. The lowest BCUT2D eigenvalue weighted by Gasteiger charge is -2.21. The minimum Gasteiger partial charge on any atom is -0.481 e. The standard InChI is InChI=1S/C19H16F3N5O3/c1-29-15-7-10(5-6-24-15)18-27-16-11(3-2-4-13(16)30-18)26-17(28)12-8-23-9-14(25-12)19(20,21)22/h5-9,11H,2-4H2,1H3,(H,26,28). The number of hydrogen-bond acceptors (Lipinski definition) is 7. The Labute approximate surface area is 168 Å². The fourth-order valence-corrected chi connectivity index (χ4v) is 3.18. The zero-order valence-corrected chi connectivity index (χ0v) is 15.7. The van der Waals surface area contributed by atoms with Crippen molar-refractivity contribution in [2.24, 2.45) is 0 Å². The van der Waals surface area contributed by atoms with Gasteiger partial charge in [0, 0.05) is 24.2 Å². The highest BCUT2D eigenvalue weighted by atomic mass is 19.4. The average molecular weight is 419 g/mol. The van der Waals surface area contributed by atoms with Crippen molar-refractivity contribution in [3.8, 4) is 17.3 Å². The number of alkyl halides is 3. The second-order valence-electron chi connectivity index (χ2n) is 6.62. The first kappa shape index (κ1) is 19.8. The second-order valence-corrected chi connectivity index (χ2v) is 6.62. The molecule has 30 heavy (non-hydrogen) atoms. The number of pyridine rings is 1. The lowest BCUT2D eigenvalue weighted by atomic mass is 9.96. The van der Waals surface area contributed by atoms with Gasteiger partial charge < -0.3 is 14.5 Å². The molecule has 3 aromatic heterocycles. The summed E-state index contributed by atoms with van der Waals surface area (Å²) in [5, 5.41) is 2.69. The summed E-state index contributed by atoms with van der Waals surface area (Å²) in [6.45, 7) is 0. The normalized spacial score (nSPS) is 16.1. The van der Waals surface area contributed by atoms with Crippen LogP contribution in [-0.2, 0) is 12.6 Å². The number of carbonyl (C=O) groups excluding carboxylic acids is 1. The number of nitrogens with zero attached hydrogens (tertiary/aromatic N) is 4. The number of amides is 1. The van der Waals surface area contributed by atoms with Crippen LogP contribution in [0.3, 0.4) is 0 Å². The van der Waals surface area contributed by atoms with Gasteiger partial charge >= 0.3 is 6.18 Å². The predicted molar refractivity (Wildman–Crippen MR) is 96.5 cm³/mol. The molecule has 3 heterocycles. The van der Waals surface area contributed by atoms with Crippen LogP contribution < -0.4 is 10.1 Å². The summed E-state index contributed by atoms with van der Waals surface area (Å²) in [6, 6.07) is 2.87. The van der Waals surface area contributed by atoms with Gasteiger partial charge in [0.2, 0.25) is 11.8 Å². The van der Waals surface area contributed by atoms with E-state index in [1.54, 1.807) is 18.3 Å². The molecular formula is C19H16F3N5O3. The molecule has 0 bridgehead atoms. The fraction of sp³-hybridized carbons (Fsp3) is 0.316. The van der Waals surface area contributed by atoms with E-state index in [1.807, 2.05) is 0 Å². The maximum Gasteiger partial charge on any atom is 0.434 e. The number of methoxy groups -OCH3 is 1. The molecule has 1 aliphatic carbocycles. The predicted octanol–water partition coefficient (Wildman–Crippen LogP) is 3.36. The topological polar surface area (TPSA) is 103 Å². The molecule has 1 amide bonds. The van der Waals surface area contributed by atoms with Crippen molar-refractivity contribution >= 4 is 5.91 Å². The summed E-state index contributed by atoms with van der Waals surface area (Å²) in [7, 11) is 1.49. The van der Waals surface area contributed by atoms with Gasteiger partial charge in [0.15, 0.2) is 5.69 Å². The number of oxazole rings is 1. The van der Waals surface area contributed by atoms with Crippen LogP contribution >= 0.6 is 0 Å².